The van der Waals surface area contributed by atoms with Crippen LogP contribution in [0.5, 0.6) is 0 Å². The summed E-state index contributed by atoms with van der Waals surface area (Å²) in [5.74, 6) is 0. The molecule has 2 aliphatic heterocycles. The van der Waals surface area contributed by atoms with Gasteiger partial charge in [0, 0.05) is 37.2 Å². The van der Waals surface area contributed by atoms with Crippen molar-refractivity contribution in [3.8, 4) is 0 Å². The fraction of sp³-hybridized carbons (Fsp3) is 0.400. The van der Waals surface area contributed by atoms with Crippen LogP contribution in [0.3, 0.4) is 0 Å². The average Bonchev–Trinajstić information content (AvgIpc) is 2.67. The number of hydrogen-bond donors (Lipinski definition) is 0. The maximum absolute atomic E-state index is 13.0. The quantitative estimate of drug-likeness (QED) is 0.801. The summed E-state index contributed by atoms with van der Waals surface area (Å²) < 4.78 is 27.6. The SMILES string of the molecule is CN([C@@H]1CCN2CCc3ccccc3[C@@H]2C1)S(=O)(=O)c1ccc(Cl)cc1. The monoisotopic (exact) mass is 390 g/mol. The number of nitrogens with zero attached hydrogens (tertiary/aromatic N) is 2. The van der Waals surface area contributed by atoms with Crippen molar-refractivity contribution in [1.29, 1.82) is 0 Å². The molecule has 1 fully saturated rings. The molecule has 0 aliphatic carbocycles. The van der Waals surface area contributed by atoms with Crippen molar-refractivity contribution in [3.05, 3.63) is 64.7 Å². The van der Waals surface area contributed by atoms with E-state index >= 15 is 0 Å². The second-order valence-electron chi connectivity index (χ2n) is 7.15. The third kappa shape index (κ3) is 3.18. The highest BCUT2D eigenvalue weighted by molar-refractivity contribution is 7.89. The summed E-state index contributed by atoms with van der Waals surface area (Å²) in [5.41, 5.74) is 2.76. The summed E-state index contributed by atoms with van der Waals surface area (Å²) >= 11 is 5.90. The van der Waals surface area contributed by atoms with Crippen molar-refractivity contribution in [3.63, 3.8) is 0 Å². The molecule has 0 aromatic heterocycles. The van der Waals surface area contributed by atoms with Crippen LogP contribution in [-0.2, 0) is 16.4 Å². The zero-order chi connectivity index (χ0) is 18.3. The molecule has 2 atom stereocenters. The standard InChI is InChI=1S/C20H23ClN2O2S/c1-22(26(24,25)18-8-6-16(21)7-9-18)17-11-13-23-12-10-15-4-2-3-5-19(15)20(23)14-17/h2-9,17,20H,10-14H2,1H3/t17-,20+/m1/s1. The van der Waals surface area contributed by atoms with E-state index in [1.165, 1.54) is 11.1 Å². The van der Waals surface area contributed by atoms with Crippen LogP contribution < -0.4 is 0 Å². The van der Waals surface area contributed by atoms with Crippen molar-refractivity contribution < 1.29 is 8.42 Å². The molecule has 6 heteroatoms. The molecule has 4 nitrogen and oxygen atoms in total. The summed E-state index contributed by atoms with van der Waals surface area (Å²) in [5, 5.41) is 0.540. The molecule has 0 saturated carbocycles. The van der Waals surface area contributed by atoms with E-state index in [1.807, 2.05) is 0 Å². The fourth-order valence-corrected chi connectivity index (χ4v) is 5.76. The molecule has 138 valence electrons. The summed E-state index contributed by atoms with van der Waals surface area (Å²) in [7, 11) is -1.81. The van der Waals surface area contributed by atoms with Gasteiger partial charge in [-0.3, -0.25) is 4.90 Å². The Morgan fingerprint density at radius 2 is 1.81 bits per heavy atom. The Morgan fingerprint density at radius 1 is 1.08 bits per heavy atom. The smallest absolute Gasteiger partial charge is 0.243 e. The van der Waals surface area contributed by atoms with E-state index in [-0.39, 0.29) is 6.04 Å². The van der Waals surface area contributed by atoms with Gasteiger partial charge in [-0.2, -0.15) is 4.31 Å². The number of sulfonamides is 1. The topological polar surface area (TPSA) is 40.6 Å². The van der Waals surface area contributed by atoms with Crippen LogP contribution in [0.25, 0.3) is 0 Å². The maximum Gasteiger partial charge on any atom is 0.243 e. The van der Waals surface area contributed by atoms with Gasteiger partial charge in [-0.15, -0.1) is 0 Å². The van der Waals surface area contributed by atoms with Crippen LogP contribution in [-0.4, -0.2) is 43.8 Å². The lowest BCUT2D eigenvalue weighted by Gasteiger charge is -2.45. The first kappa shape index (κ1) is 18.0. The third-order valence-electron chi connectivity index (χ3n) is 5.77. The molecule has 2 aromatic carbocycles. The zero-order valence-electron chi connectivity index (χ0n) is 14.8. The van der Waals surface area contributed by atoms with Crippen LogP contribution in [0.2, 0.25) is 5.02 Å². The first-order valence-corrected chi connectivity index (χ1v) is 10.8. The fourth-order valence-electron chi connectivity index (χ4n) is 4.24. The first-order chi connectivity index (χ1) is 12.5. The molecule has 0 N–H and O–H groups in total. The van der Waals surface area contributed by atoms with Gasteiger partial charge in [-0.1, -0.05) is 35.9 Å². The molecule has 0 spiro atoms. The zero-order valence-corrected chi connectivity index (χ0v) is 16.4. The van der Waals surface area contributed by atoms with E-state index in [0.717, 1.165) is 32.4 Å². The second kappa shape index (κ2) is 6.97. The normalized spacial score (nSPS) is 23.5. The van der Waals surface area contributed by atoms with Gasteiger partial charge in [0.1, 0.15) is 0 Å². The van der Waals surface area contributed by atoms with Crippen molar-refractivity contribution in [2.24, 2.45) is 0 Å². The van der Waals surface area contributed by atoms with Crippen molar-refractivity contribution in [2.45, 2.75) is 36.2 Å². The number of hydrogen-bond acceptors (Lipinski definition) is 3. The Kier molecular flexibility index (Phi) is 4.82. The predicted octanol–water partition coefficient (Wildman–Crippen LogP) is 3.72. The van der Waals surface area contributed by atoms with Crippen LogP contribution in [0.1, 0.15) is 30.0 Å². The highest BCUT2D eigenvalue weighted by Gasteiger charge is 2.38. The van der Waals surface area contributed by atoms with Gasteiger partial charge in [0.05, 0.1) is 4.90 Å². The highest BCUT2D eigenvalue weighted by atomic mass is 35.5. The molecule has 2 aromatic rings. The molecule has 2 aliphatic rings. The van der Waals surface area contributed by atoms with Crippen LogP contribution in [0.4, 0.5) is 0 Å². The van der Waals surface area contributed by atoms with Crippen molar-refractivity contribution >= 4 is 21.6 Å². The lowest BCUT2D eigenvalue weighted by atomic mass is 9.85. The second-order valence-corrected chi connectivity index (χ2v) is 9.59. The van der Waals surface area contributed by atoms with Crippen molar-refractivity contribution in [1.82, 2.24) is 9.21 Å². The Morgan fingerprint density at radius 3 is 2.58 bits per heavy atom. The largest absolute Gasteiger partial charge is 0.296 e. The molecule has 0 amide bonds. The minimum Gasteiger partial charge on any atom is -0.296 e. The van der Waals surface area contributed by atoms with Crippen LogP contribution in [0, 0.1) is 0 Å². The average molecular weight is 391 g/mol. The summed E-state index contributed by atoms with van der Waals surface area (Å²) in [6.07, 6.45) is 2.78. The molecule has 2 heterocycles. The Balaban J connectivity index is 1.59. The van der Waals surface area contributed by atoms with E-state index in [2.05, 4.69) is 29.2 Å². The van der Waals surface area contributed by atoms with E-state index < -0.39 is 10.0 Å². The maximum atomic E-state index is 13.0. The number of halogens is 1. The molecular weight excluding hydrogens is 368 g/mol. The first-order valence-electron chi connectivity index (χ1n) is 9.02. The summed E-state index contributed by atoms with van der Waals surface area (Å²) in [6.45, 7) is 1.99. The molecule has 0 bridgehead atoms. The van der Waals surface area contributed by atoms with Crippen LogP contribution in [0.15, 0.2) is 53.4 Å². The lowest BCUT2D eigenvalue weighted by Crippen LogP contribution is -2.48. The van der Waals surface area contributed by atoms with Gasteiger partial charge in [-0.25, -0.2) is 8.42 Å². The van der Waals surface area contributed by atoms with Gasteiger partial charge >= 0.3 is 0 Å². The van der Waals surface area contributed by atoms with E-state index in [1.54, 1.807) is 35.6 Å². The van der Waals surface area contributed by atoms with Crippen molar-refractivity contribution in [2.75, 3.05) is 20.1 Å². The van der Waals surface area contributed by atoms with E-state index in [4.69, 9.17) is 11.6 Å². The molecule has 4 rings (SSSR count). The molecule has 1 saturated heterocycles. The molecule has 26 heavy (non-hydrogen) atoms. The minimum atomic E-state index is -3.51. The van der Waals surface area contributed by atoms with E-state index in [0.29, 0.717) is 16.0 Å². The third-order valence-corrected chi connectivity index (χ3v) is 7.95. The van der Waals surface area contributed by atoms with Gasteiger partial charge < -0.3 is 0 Å². The molecule has 0 unspecified atom stereocenters. The molecule has 0 radical (unpaired) electrons. The number of rotatable bonds is 3. The Labute approximate surface area is 160 Å². The Hall–Kier alpha value is -1.40. The number of piperidine rings is 1. The van der Waals surface area contributed by atoms with Gasteiger partial charge in [0.2, 0.25) is 10.0 Å². The minimum absolute atomic E-state index is 0.00286. The number of benzene rings is 2. The van der Waals surface area contributed by atoms with E-state index in [9.17, 15) is 8.42 Å². The summed E-state index contributed by atoms with van der Waals surface area (Å²) in [4.78, 5) is 2.80. The lowest BCUT2D eigenvalue weighted by molar-refractivity contribution is 0.0969. The predicted molar refractivity (Wildman–Crippen MR) is 104 cm³/mol. The van der Waals surface area contributed by atoms with Crippen LogP contribution >= 0.6 is 11.6 Å². The van der Waals surface area contributed by atoms with Gasteiger partial charge in [-0.05, 0) is 54.7 Å². The Bertz CT molecular complexity index is 898. The molecular formula is C20H23ClN2O2S. The van der Waals surface area contributed by atoms with Gasteiger partial charge in [0.25, 0.3) is 0 Å². The van der Waals surface area contributed by atoms with Gasteiger partial charge in [0.15, 0.2) is 0 Å². The summed E-state index contributed by atoms with van der Waals surface area (Å²) in [6, 6.07) is 15.3. The highest BCUT2D eigenvalue weighted by Crippen LogP contribution is 2.38. The number of fused-ring (bicyclic) bond motifs is 3.